The molecule has 0 unspecified atom stereocenters. The van der Waals surface area contributed by atoms with E-state index in [1.165, 1.54) is 30.3 Å². The molecule has 16 heteroatoms. The van der Waals surface area contributed by atoms with Crippen molar-refractivity contribution in [2.45, 2.75) is 114 Å². The van der Waals surface area contributed by atoms with Gasteiger partial charge in [0.05, 0.1) is 30.4 Å². The van der Waals surface area contributed by atoms with Gasteiger partial charge in [0.25, 0.3) is 5.91 Å². The highest BCUT2D eigenvalue weighted by Gasteiger charge is 2.63. The van der Waals surface area contributed by atoms with Crippen molar-refractivity contribution < 1.29 is 46.2 Å². The Hall–Kier alpha value is -4.47. The van der Waals surface area contributed by atoms with Crippen molar-refractivity contribution >= 4 is 44.6 Å². The first-order chi connectivity index (χ1) is 26.5. The molecule has 1 aromatic carbocycles. The van der Waals surface area contributed by atoms with Crippen molar-refractivity contribution in [1.82, 2.24) is 25.2 Å². The number of nitrogens with zero attached hydrogens (tertiary/aromatic N) is 2. The van der Waals surface area contributed by atoms with E-state index < -0.39 is 74.0 Å². The number of hydrogen-bond donors (Lipinski definition) is 3. The van der Waals surface area contributed by atoms with Crippen molar-refractivity contribution in [1.29, 1.82) is 0 Å². The van der Waals surface area contributed by atoms with Crippen LogP contribution < -0.4 is 24.8 Å². The Balaban J connectivity index is 1.21. The topological polar surface area (TPSA) is 182 Å². The molecule has 5 aliphatic rings. The minimum atomic E-state index is -4.02. The second-order valence-electron chi connectivity index (χ2n) is 17.3. The number of methoxy groups -OCH3 is 1. The molecule has 1 saturated heterocycles. The molecule has 3 N–H and O–H groups in total. The second-order valence-corrected chi connectivity index (χ2v) is 19.5. The number of halogens is 1. The quantitative estimate of drug-likeness (QED) is 0.306. The van der Waals surface area contributed by atoms with Gasteiger partial charge in [0.2, 0.25) is 27.7 Å². The lowest BCUT2D eigenvalue weighted by atomic mass is 9.88. The SMILES string of the molecule is COc1cc(F)cc2c(O[C@@H]3C[C@H]4C(=O)N[C@]5(C(=O)NS(=O)(=O)C6(C)CC6)C[C@@H]5/C=C\CC[C@@H](C)C[C@@H](C)[C@H](NC(=O)OCC5(C)CC5)C(=O)N4C3)nccc12. The largest absolute Gasteiger partial charge is 0.496 e. The molecule has 3 saturated carbocycles. The maximum atomic E-state index is 14.8. The Bertz CT molecular complexity index is 2050. The highest BCUT2D eigenvalue weighted by atomic mass is 32.2. The van der Waals surface area contributed by atoms with E-state index in [0.29, 0.717) is 36.5 Å². The molecular formula is C40H52FN5O9S. The van der Waals surface area contributed by atoms with E-state index in [1.54, 1.807) is 13.0 Å². The third kappa shape index (κ3) is 8.03. The Morgan fingerprint density at radius 2 is 1.84 bits per heavy atom. The van der Waals surface area contributed by atoms with E-state index in [2.05, 4.69) is 27.3 Å². The molecular weight excluding hydrogens is 746 g/mol. The molecule has 14 nitrogen and oxygen atoms in total. The predicted molar refractivity (Wildman–Crippen MR) is 203 cm³/mol. The van der Waals surface area contributed by atoms with Crippen LogP contribution in [0.15, 0.2) is 36.5 Å². The number of pyridine rings is 1. The Labute approximate surface area is 326 Å². The molecule has 4 fully saturated rings. The minimum Gasteiger partial charge on any atom is -0.496 e. The number of fused-ring (bicyclic) bond motifs is 3. The summed E-state index contributed by atoms with van der Waals surface area (Å²) in [5.41, 5.74) is -1.65. The van der Waals surface area contributed by atoms with Crippen molar-refractivity contribution in [3.05, 3.63) is 42.4 Å². The van der Waals surface area contributed by atoms with Crippen molar-refractivity contribution in [3.8, 4) is 11.6 Å². The summed E-state index contributed by atoms with van der Waals surface area (Å²) < 4.78 is 59.6. The summed E-state index contributed by atoms with van der Waals surface area (Å²) in [4.78, 5) is 62.2. The van der Waals surface area contributed by atoms with Gasteiger partial charge < -0.3 is 29.7 Å². The zero-order valence-corrected chi connectivity index (χ0v) is 33.4. The number of carbonyl (C=O) groups excluding carboxylic acids is 4. The van der Waals surface area contributed by atoms with E-state index in [1.807, 2.05) is 26.0 Å². The number of aromatic nitrogens is 1. The normalized spacial score (nSPS) is 31.4. The fourth-order valence-electron chi connectivity index (χ4n) is 7.97. The van der Waals surface area contributed by atoms with Gasteiger partial charge in [-0.3, -0.25) is 19.1 Å². The number of nitrogens with one attached hydrogen (secondary N) is 3. The number of amides is 4. The highest BCUT2D eigenvalue weighted by Crippen LogP contribution is 2.48. The van der Waals surface area contributed by atoms with Crippen LogP contribution in [0.4, 0.5) is 9.18 Å². The molecule has 7 atom stereocenters. The van der Waals surface area contributed by atoms with E-state index >= 15 is 0 Å². The van der Waals surface area contributed by atoms with Gasteiger partial charge in [-0.05, 0) is 82.3 Å². The van der Waals surface area contributed by atoms with E-state index in [4.69, 9.17) is 14.2 Å². The Morgan fingerprint density at radius 1 is 1.09 bits per heavy atom. The predicted octanol–water partition coefficient (Wildman–Crippen LogP) is 4.51. The number of carbonyl (C=O) groups is 4. The maximum absolute atomic E-state index is 14.8. The van der Waals surface area contributed by atoms with Crippen LogP contribution in [0.25, 0.3) is 10.8 Å². The molecule has 3 heterocycles. The molecule has 56 heavy (non-hydrogen) atoms. The molecule has 2 aliphatic heterocycles. The lowest BCUT2D eigenvalue weighted by Gasteiger charge is -2.32. The first-order valence-corrected chi connectivity index (χ1v) is 21.0. The Kier molecular flexibility index (Phi) is 10.5. The van der Waals surface area contributed by atoms with Gasteiger partial charge in [0.1, 0.15) is 35.3 Å². The average molecular weight is 798 g/mol. The molecule has 4 amide bonds. The zero-order valence-electron chi connectivity index (χ0n) is 32.6. The first-order valence-electron chi connectivity index (χ1n) is 19.5. The number of alkyl carbamates (subject to hydrolysis) is 1. The standard InChI is InChI=1S/C40H52FN5O9S/c1-23-8-6-7-9-25-20-40(25,36(49)45-56(51,52)39(4)13-14-39)44-33(47)30-19-27(55-34-29-17-26(41)18-31(53-5)28(29)10-15-42-34)21-46(30)35(48)32(24(2)16-23)43-37(50)54-22-38(3)11-12-38/h7,9-10,15,17-18,23-25,27,30,32H,6,8,11-14,16,19-22H2,1-5H3,(H,43,50)(H,44,47)(H,45,49)/b9-7-/t23-,24-,25+,27-,30+,32+,40-/m1/s1. The number of benzene rings is 1. The van der Waals surface area contributed by atoms with Crippen molar-refractivity contribution in [3.63, 3.8) is 0 Å². The van der Waals surface area contributed by atoms with Crippen LogP contribution in [0.3, 0.4) is 0 Å². The van der Waals surface area contributed by atoms with Crippen LogP contribution in [-0.2, 0) is 29.1 Å². The first kappa shape index (κ1) is 39.8. The molecule has 0 bridgehead atoms. The third-order valence-corrected chi connectivity index (χ3v) is 14.6. The van der Waals surface area contributed by atoms with E-state index in [0.717, 1.165) is 19.3 Å². The maximum Gasteiger partial charge on any atom is 0.407 e. The smallest absolute Gasteiger partial charge is 0.407 e. The monoisotopic (exact) mass is 797 g/mol. The molecule has 1 aromatic heterocycles. The van der Waals surface area contributed by atoms with Crippen LogP contribution in [0.1, 0.15) is 85.5 Å². The highest BCUT2D eigenvalue weighted by molar-refractivity contribution is 7.91. The molecule has 0 radical (unpaired) electrons. The third-order valence-electron chi connectivity index (χ3n) is 12.4. The number of rotatable bonds is 9. The van der Waals surface area contributed by atoms with Gasteiger partial charge in [-0.2, -0.15) is 0 Å². The van der Waals surface area contributed by atoms with Crippen LogP contribution in [-0.4, -0.2) is 90.9 Å². The summed E-state index contributed by atoms with van der Waals surface area (Å²) in [5, 5.41) is 6.56. The molecule has 7 rings (SSSR count). The Morgan fingerprint density at radius 3 is 2.54 bits per heavy atom. The lowest BCUT2D eigenvalue weighted by molar-refractivity contribution is -0.142. The fourth-order valence-corrected chi connectivity index (χ4v) is 9.29. The van der Waals surface area contributed by atoms with Crippen molar-refractivity contribution in [2.24, 2.45) is 23.2 Å². The van der Waals surface area contributed by atoms with Gasteiger partial charge in [0.15, 0.2) is 0 Å². The van der Waals surface area contributed by atoms with Crippen LogP contribution >= 0.6 is 0 Å². The summed E-state index contributed by atoms with van der Waals surface area (Å²) >= 11 is 0. The van der Waals surface area contributed by atoms with Gasteiger partial charge in [-0.25, -0.2) is 22.6 Å². The van der Waals surface area contributed by atoms with Gasteiger partial charge in [-0.15, -0.1) is 0 Å². The summed E-state index contributed by atoms with van der Waals surface area (Å²) in [7, 11) is -2.60. The molecule has 2 aromatic rings. The summed E-state index contributed by atoms with van der Waals surface area (Å²) in [6.45, 7) is 7.65. The summed E-state index contributed by atoms with van der Waals surface area (Å²) in [5.74, 6) is -2.99. The number of sulfonamides is 1. The lowest BCUT2D eigenvalue weighted by Crippen LogP contribution is -2.59. The van der Waals surface area contributed by atoms with Gasteiger partial charge in [-0.1, -0.05) is 32.9 Å². The van der Waals surface area contributed by atoms with Crippen LogP contribution in [0, 0.1) is 29.0 Å². The summed E-state index contributed by atoms with van der Waals surface area (Å²) in [6, 6.07) is 1.90. The molecule has 3 aliphatic carbocycles. The second kappa shape index (κ2) is 14.8. The van der Waals surface area contributed by atoms with E-state index in [9.17, 15) is 32.0 Å². The number of ether oxygens (including phenoxy) is 3. The molecule has 0 spiro atoms. The summed E-state index contributed by atoms with van der Waals surface area (Å²) in [6.07, 6.45) is 8.55. The van der Waals surface area contributed by atoms with Gasteiger partial charge >= 0.3 is 6.09 Å². The molecule has 304 valence electrons. The van der Waals surface area contributed by atoms with Gasteiger partial charge in [0, 0.05) is 35.4 Å². The van der Waals surface area contributed by atoms with Crippen LogP contribution in [0.2, 0.25) is 0 Å². The van der Waals surface area contributed by atoms with Crippen molar-refractivity contribution in [2.75, 3.05) is 20.3 Å². The zero-order chi connectivity index (χ0) is 40.2. The number of hydrogen-bond acceptors (Lipinski definition) is 10. The van der Waals surface area contributed by atoms with Crippen LogP contribution in [0.5, 0.6) is 11.6 Å². The fraction of sp³-hybridized carbons (Fsp3) is 0.625. The average Bonchev–Trinajstić information content (AvgIpc) is 4.11. The number of allylic oxidation sites excluding steroid dienone is 1. The van der Waals surface area contributed by atoms with E-state index in [-0.39, 0.29) is 54.9 Å². The minimum absolute atomic E-state index is 0.0447.